The van der Waals surface area contributed by atoms with E-state index in [0.29, 0.717) is 16.3 Å². The fourth-order valence-electron chi connectivity index (χ4n) is 2.42. The second-order valence-electron chi connectivity index (χ2n) is 4.73. The lowest BCUT2D eigenvalue weighted by atomic mass is 9.98. The number of benzene rings is 3. The van der Waals surface area contributed by atoms with Crippen molar-refractivity contribution in [3.8, 4) is 0 Å². The number of aryl methyl sites for hydroxylation is 2. The second-order valence-corrected chi connectivity index (χ2v) is 4.73. The van der Waals surface area contributed by atoms with Gasteiger partial charge in [-0.1, -0.05) is 18.2 Å². The van der Waals surface area contributed by atoms with Crippen LogP contribution in [-0.2, 0) is 0 Å². The Morgan fingerprint density at radius 2 is 1.50 bits per heavy atom. The minimum Gasteiger partial charge on any atom is -0.207 e. The van der Waals surface area contributed by atoms with E-state index in [1.54, 1.807) is 13.0 Å². The van der Waals surface area contributed by atoms with E-state index < -0.39 is 0 Å². The molecule has 0 aliphatic rings. The maximum absolute atomic E-state index is 14.1. The molecule has 0 aliphatic heterocycles. The Balaban J connectivity index is 2.56. The van der Waals surface area contributed by atoms with E-state index in [0.717, 1.165) is 16.3 Å². The van der Waals surface area contributed by atoms with Gasteiger partial charge in [0, 0.05) is 5.39 Å². The number of hydrogen-bond donors (Lipinski definition) is 0. The van der Waals surface area contributed by atoms with E-state index in [9.17, 15) is 8.78 Å². The summed E-state index contributed by atoms with van der Waals surface area (Å²) in [5, 5.41) is 2.80. The molecule has 3 aromatic carbocycles. The molecule has 0 radical (unpaired) electrons. The van der Waals surface area contributed by atoms with E-state index in [2.05, 4.69) is 0 Å². The fourth-order valence-corrected chi connectivity index (χ4v) is 2.42. The quantitative estimate of drug-likeness (QED) is 0.492. The minimum absolute atomic E-state index is 0.293. The Hall–Kier alpha value is -1.96. The monoisotopic (exact) mass is 242 g/mol. The first-order valence-corrected chi connectivity index (χ1v) is 5.85. The average molecular weight is 242 g/mol. The first-order valence-electron chi connectivity index (χ1n) is 5.85. The minimum atomic E-state index is -0.296. The zero-order chi connectivity index (χ0) is 12.9. The maximum Gasteiger partial charge on any atom is 0.131 e. The molecule has 3 rings (SSSR count). The molecule has 2 heteroatoms. The fraction of sp³-hybridized carbons (Fsp3) is 0.125. The molecule has 0 unspecified atom stereocenters. The van der Waals surface area contributed by atoms with Gasteiger partial charge in [-0.2, -0.15) is 0 Å². The molecule has 0 aliphatic carbocycles. The molecular formula is C16H12F2. The predicted octanol–water partition coefficient (Wildman–Crippen LogP) is 4.89. The molecule has 18 heavy (non-hydrogen) atoms. The van der Waals surface area contributed by atoms with Gasteiger partial charge in [0.05, 0.1) is 0 Å². The van der Waals surface area contributed by atoms with Crippen LogP contribution in [0.3, 0.4) is 0 Å². The van der Waals surface area contributed by atoms with Gasteiger partial charge in [-0.3, -0.25) is 0 Å². The van der Waals surface area contributed by atoms with Crippen molar-refractivity contribution in [3.63, 3.8) is 0 Å². The first kappa shape index (κ1) is 11.1. The highest BCUT2D eigenvalue weighted by atomic mass is 19.1. The maximum atomic E-state index is 14.1. The van der Waals surface area contributed by atoms with Crippen molar-refractivity contribution < 1.29 is 8.78 Å². The lowest BCUT2D eigenvalue weighted by Gasteiger charge is -2.08. The molecule has 0 N–H and O–H groups in total. The molecule has 0 bridgehead atoms. The smallest absolute Gasteiger partial charge is 0.131 e. The first-order chi connectivity index (χ1) is 8.56. The Morgan fingerprint density at radius 1 is 0.778 bits per heavy atom. The van der Waals surface area contributed by atoms with E-state index in [-0.39, 0.29) is 11.6 Å². The van der Waals surface area contributed by atoms with E-state index in [4.69, 9.17) is 0 Å². The lowest BCUT2D eigenvalue weighted by Crippen LogP contribution is -1.88. The third-order valence-corrected chi connectivity index (χ3v) is 3.31. The van der Waals surface area contributed by atoms with Crippen LogP contribution in [0.1, 0.15) is 11.1 Å². The lowest BCUT2D eigenvalue weighted by molar-refractivity contribution is 0.620. The molecule has 0 aromatic heterocycles. The topological polar surface area (TPSA) is 0 Å². The van der Waals surface area contributed by atoms with Crippen molar-refractivity contribution in [2.24, 2.45) is 0 Å². The third-order valence-electron chi connectivity index (χ3n) is 3.31. The molecule has 0 saturated carbocycles. The molecule has 0 heterocycles. The number of hydrogen-bond acceptors (Lipinski definition) is 0. The van der Waals surface area contributed by atoms with Crippen molar-refractivity contribution in [2.75, 3.05) is 0 Å². The van der Waals surface area contributed by atoms with E-state index >= 15 is 0 Å². The van der Waals surface area contributed by atoms with Gasteiger partial charge in [-0.15, -0.1) is 0 Å². The molecule has 0 fully saturated rings. The summed E-state index contributed by atoms with van der Waals surface area (Å²) in [6.07, 6.45) is 0. The van der Waals surface area contributed by atoms with Gasteiger partial charge in [0.2, 0.25) is 0 Å². The normalized spacial score (nSPS) is 11.3. The standard InChI is InChI=1S/C16H12F2/c1-9-5-12-4-3-11-7-10(2)14(17)8-13(11)16(12)15(18)6-9/h3-8H,1-2H3. The Labute approximate surface area is 104 Å². The van der Waals surface area contributed by atoms with Gasteiger partial charge in [-0.05, 0) is 59.3 Å². The highest BCUT2D eigenvalue weighted by molar-refractivity contribution is 6.08. The van der Waals surface area contributed by atoms with Crippen LogP contribution in [0.2, 0.25) is 0 Å². The summed E-state index contributed by atoms with van der Waals surface area (Å²) in [5.41, 5.74) is 1.45. The summed E-state index contributed by atoms with van der Waals surface area (Å²) in [7, 11) is 0. The SMILES string of the molecule is Cc1cc(F)c2c(ccc3cc(C)c(F)cc32)c1. The Morgan fingerprint density at radius 3 is 2.28 bits per heavy atom. The third kappa shape index (κ3) is 1.57. The molecule has 0 nitrogen and oxygen atoms in total. The van der Waals surface area contributed by atoms with Crippen molar-refractivity contribution >= 4 is 21.5 Å². The van der Waals surface area contributed by atoms with Gasteiger partial charge in [-0.25, -0.2) is 8.78 Å². The van der Waals surface area contributed by atoms with Crippen molar-refractivity contribution in [1.29, 1.82) is 0 Å². The van der Waals surface area contributed by atoms with Gasteiger partial charge < -0.3 is 0 Å². The largest absolute Gasteiger partial charge is 0.207 e. The van der Waals surface area contributed by atoms with Gasteiger partial charge in [0.1, 0.15) is 11.6 Å². The van der Waals surface area contributed by atoms with E-state index in [1.807, 2.05) is 25.1 Å². The van der Waals surface area contributed by atoms with Gasteiger partial charge in [0.25, 0.3) is 0 Å². The predicted molar refractivity (Wildman–Crippen MR) is 70.8 cm³/mol. The van der Waals surface area contributed by atoms with Crippen LogP contribution in [0.4, 0.5) is 8.78 Å². The number of rotatable bonds is 0. The number of halogens is 2. The van der Waals surface area contributed by atoms with Crippen LogP contribution in [0, 0.1) is 25.5 Å². The van der Waals surface area contributed by atoms with E-state index in [1.165, 1.54) is 12.1 Å². The van der Waals surface area contributed by atoms with Crippen LogP contribution in [0.25, 0.3) is 21.5 Å². The summed E-state index contributed by atoms with van der Waals surface area (Å²) in [4.78, 5) is 0. The van der Waals surface area contributed by atoms with Gasteiger partial charge >= 0.3 is 0 Å². The molecule has 0 spiro atoms. The van der Waals surface area contributed by atoms with Crippen LogP contribution in [0.15, 0.2) is 36.4 Å². The number of fused-ring (bicyclic) bond motifs is 3. The van der Waals surface area contributed by atoms with Crippen LogP contribution in [-0.4, -0.2) is 0 Å². The van der Waals surface area contributed by atoms with Gasteiger partial charge in [0.15, 0.2) is 0 Å². The summed E-state index contributed by atoms with van der Waals surface area (Å²) >= 11 is 0. The zero-order valence-corrected chi connectivity index (χ0v) is 10.2. The molecule has 0 saturated heterocycles. The Bertz CT molecular complexity index is 773. The molecule has 3 aromatic rings. The molecule has 0 amide bonds. The van der Waals surface area contributed by atoms with Crippen molar-refractivity contribution in [1.82, 2.24) is 0 Å². The summed E-state index contributed by atoms with van der Waals surface area (Å²) in [5.74, 6) is -0.589. The Kier molecular flexibility index (Phi) is 2.34. The van der Waals surface area contributed by atoms with Crippen LogP contribution < -0.4 is 0 Å². The highest BCUT2D eigenvalue weighted by Gasteiger charge is 2.09. The van der Waals surface area contributed by atoms with Crippen LogP contribution >= 0.6 is 0 Å². The highest BCUT2D eigenvalue weighted by Crippen LogP contribution is 2.30. The molecule has 90 valence electrons. The molecule has 0 atom stereocenters. The van der Waals surface area contributed by atoms with Crippen molar-refractivity contribution in [2.45, 2.75) is 13.8 Å². The average Bonchev–Trinajstić information content (AvgIpc) is 2.30. The van der Waals surface area contributed by atoms with Crippen molar-refractivity contribution in [3.05, 3.63) is 59.2 Å². The molecular weight excluding hydrogens is 230 g/mol. The summed E-state index contributed by atoms with van der Waals surface area (Å²) in [6, 6.07) is 10.4. The second kappa shape index (κ2) is 3.77. The zero-order valence-electron chi connectivity index (χ0n) is 10.2. The summed E-state index contributed by atoms with van der Waals surface area (Å²) in [6.45, 7) is 3.56. The van der Waals surface area contributed by atoms with Crippen LogP contribution in [0.5, 0.6) is 0 Å². The summed E-state index contributed by atoms with van der Waals surface area (Å²) < 4.78 is 27.8.